The van der Waals surface area contributed by atoms with Gasteiger partial charge in [-0.25, -0.2) is 9.97 Å². The summed E-state index contributed by atoms with van der Waals surface area (Å²) in [7, 11) is 0. The second-order valence-electron chi connectivity index (χ2n) is 5.45. The number of nitrogens with zero attached hydrogens (tertiary/aromatic N) is 3. The molecule has 2 heterocycles. The summed E-state index contributed by atoms with van der Waals surface area (Å²) >= 11 is 3.75. The molecule has 0 spiro atoms. The molecule has 2 rings (SSSR count). The Bertz CT molecular complexity index is 634. The molecule has 0 aliphatic heterocycles. The van der Waals surface area contributed by atoms with Crippen LogP contribution in [-0.2, 0) is 11.5 Å². The fourth-order valence-electron chi connectivity index (χ4n) is 2.04. The van der Waals surface area contributed by atoms with Gasteiger partial charge in [0.2, 0.25) is 0 Å². The van der Waals surface area contributed by atoms with Gasteiger partial charge in [-0.3, -0.25) is 4.99 Å². The molecule has 8 heteroatoms. The molecule has 0 aliphatic rings. The lowest BCUT2D eigenvalue weighted by molar-refractivity contribution is 0.951. The Morgan fingerprint density at radius 3 is 2.17 bits per heavy atom. The highest BCUT2D eigenvalue weighted by Crippen LogP contribution is 2.12. The highest BCUT2D eigenvalue weighted by molar-refractivity contribution is 7.98. The molecule has 0 radical (unpaired) electrons. The van der Waals surface area contributed by atoms with Gasteiger partial charge in [0.15, 0.2) is 0 Å². The molecular formula is C16H26N6S2. The van der Waals surface area contributed by atoms with E-state index >= 15 is 0 Å². The standard InChI is InChI=1S/C16H26N6S2/c1-12-15(21-10-19-12)8-23-6-4-17-14(3)18-5-7-24-9-16-13(2)20-11-22-16/h10-11H,4-9H2,1-3H3,(H,17,18)(H,19,21)(H,20,22). The molecule has 0 saturated heterocycles. The first-order valence-corrected chi connectivity index (χ1v) is 10.4. The number of aromatic amines is 2. The van der Waals surface area contributed by atoms with Crippen LogP contribution in [-0.4, -0.2) is 50.4 Å². The number of nitrogens with one attached hydrogen (secondary N) is 3. The van der Waals surface area contributed by atoms with Crippen LogP contribution in [0.4, 0.5) is 0 Å². The second kappa shape index (κ2) is 10.5. The van der Waals surface area contributed by atoms with E-state index in [2.05, 4.69) is 44.1 Å². The summed E-state index contributed by atoms with van der Waals surface area (Å²) in [5, 5.41) is 3.37. The zero-order chi connectivity index (χ0) is 17.2. The van der Waals surface area contributed by atoms with Crippen LogP contribution in [0.3, 0.4) is 0 Å². The van der Waals surface area contributed by atoms with Gasteiger partial charge in [-0.2, -0.15) is 23.5 Å². The van der Waals surface area contributed by atoms with Gasteiger partial charge in [0.05, 0.1) is 29.9 Å². The van der Waals surface area contributed by atoms with Gasteiger partial charge < -0.3 is 15.3 Å². The van der Waals surface area contributed by atoms with Gasteiger partial charge in [0.1, 0.15) is 0 Å². The van der Waals surface area contributed by atoms with Gasteiger partial charge in [-0.05, 0) is 20.8 Å². The summed E-state index contributed by atoms with van der Waals surface area (Å²) in [5.74, 6) is 4.98. The number of amidine groups is 1. The maximum absolute atomic E-state index is 4.56. The summed E-state index contributed by atoms with van der Waals surface area (Å²) in [4.78, 5) is 19.4. The predicted octanol–water partition coefficient (Wildman–Crippen LogP) is 2.92. The lowest BCUT2D eigenvalue weighted by Gasteiger charge is -2.06. The Morgan fingerprint density at radius 2 is 1.62 bits per heavy atom. The first kappa shape index (κ1) is 18.9. The summed E-state index contributed by atoms with van der Waals surface area (Å²) in [6, 6.07) is 0. The fourth-order valence-corrected chi connectivity index (χ4v) is 3.77. The minimum atomic E-state index is 0.840. The van der Waals surface area contributed by atoms with Crippen LogP contribution in [0.1, 0.15) is 29.7 Å². The smallest absolute Gasteiger partial charge is 0.0932 e. The van der Waals surface area contributed by atoms with E-state index in [0.29, 0.717) is 0 Å². The molecule has 0 fully saturated rings. The highest BCUT2D eigenvalue weighted by Gasteiger charge is 2.01. The quantitative estimate of drug-likeness (QED) is 0.342. The van der Waals surface area contributed by atoms with Crippen molar-refractivity contribution in [1.82, 2.24) is 25.3 Å². The maximum atomic E-state index is 4.56. The number of aryl methyl sites for hydroxylation is 2. The summed E-state index contributed by atoms with van der Waals surface area (Å²) in [6.07, 6.45) is 3.51. The SMILES string of the molecule is CC(=NCCSCc1nc[nH]c1C)NCCSCc1nc[nH]c1C. The number of hydrogen-bond donors (Lipinski definition) is 3. The molecule has 0 amide bonds. The Kier molecular flexibility index (Phi) is 8.24. The average molecular weight is 367 g/mol. The Hall–Kier alpha value is -1.41. The van der Waals surface area contributed by atoms with Gasteiger partial charge >= 0.3 is 0 Å². The van der Waals surface area contributed by atoms with E-state index in [1.165, 1.54) is 0 Å². The molecule has 0 atom stereocenters. The molecule has 132 valence electrons. The third-order valence-corrected chi connectivity index (χ3v) is 5.48. The highest BCUT2D eigenvalue weighted by atomic mass is 32.2. The minimum absolute atomic E-state index is 0.840. The normalized spacial score (nSPS) is 11.9. The number of thioether (sulfide) groups is 2. The van der Waals surface area contributed by atoms with Gasteiger partial charge in [-0.15, -0.1) is 0 Å². The number of aliphatic imine (C=N–C) groups is 1. The molecule has 6 nitrogen and oxygen atoms in total. The van der Waals surface area contributed by atoms with Crippen molar-refractivity contribution < 1.29 is 0 Å². The third-order valence-electron chi connectivity index (χ3n) is 3.56. The van der Waals surface area contributed by atoms with Crippen LogP contribution in [0.25, 0.3) is 0 Å². The van der Waals surface area contributed by atoms with Crippen molar-refractivity contribution in [1.29, 1.82) is 0 Å². The van der Waals surface area contributed by atoms with Crippen LogP contribution in [0, 0.1) is 13.8 Å². The molecule has 0 bridgehead atoms. The van der Waals surface area contributed by atoms with Crippen LogP contribution in [0.15, 0.2) is 17.6 Å². The zero-order valence-electron chi connectivity index (χ0n) is 14.6. The summed E-state index contributed by atoms with van der Waals surface area (Å²) < 4.78 is 0. The predicted molar refractivity (Wildman–Crippen MR) is 105 cm³/mol. The van der Waals surface area contributed by atoms with Crippen molar-refractivity contribution in [3.05, 3.63) is 35.4 Å². The fraction of sp³-hybridized carbons (Fsp3) is 0.562. The Labute approximate surface area is 152 Å². The van der Waals surface area contributed by atoms with Crippen LogP contribution < -0.4 is 5.32 Å². The van der Waals surface area contributed by atoms with Gasteiger partial charge in [0.25, 0.3) is 0 Å². The van der Waals surface area contributed by atoms with Crippen LogP contribution in [0.2, 0.25) is 0 Å². The van der Waals surface area contributed by atoms with E-state index in [1.807, 2.05) is 30.4 Å². The number of imidazole rings is 2. The average Bonchev–Trinajstić information content (AvgIpc) is 3.15. The maximum Gasteiger partial charge on any atom is 0.0932 e. The van der Waals surface area contributed by atoms with Crippen molar-refractivity contribution in [3.8, 4) is 0 Å². The number of aromatic nitrogens is 4. The van der Waals surface area contributed by atoms with Crippen LogP contribution in [0.5, 0.6) is 0 Å². The topological polar surface area (TPSA) is 81.8 Å². The number of hydrogen-bond acceptors (Lipinski definition) is 5. The Morgan fingerprint density at radius 1 is 1.04 bits per heavy atom. The lowest BCUT2D eigenvalue weighted by Crippen LogP contribution is -2.23. The zero-order valence-corrected chi connectivity index (χ0v) is 16.2. The molecule has 3 N–H and O–H groups in total. The van der Waals surface area contributed by atoms with Gasteiger partial charge in [-0.1, -0.05) is 0 Å². The summed E-state index contributed by atoms with van der Waals surface area (Å²) in [5.41, 5.74) is 4.61. The lowest BCUT2D eigenvalue weighted by atomic mass is 10.4. The third kappa shape index (κ3) is 6.60. The van der Waals surface area contributed by atoms with Crippen molar-refractivity contribution >= 4 is 29.4 Å². The Balaban J connectivity index is 1.49. The molecule has 0 unspecified atom stereocenters. The first-order valence-electron chi connectivity index (χ1n) is 8.05. The molecule has 0 aromatic carbocycles. The van der Waals surface area contributed by atoms with Crippen molar-refractivity contribution in [2.24, 2.45) is 4.99 Å². The second-order valence-corrected chi connectivity index (χ2v) is 7.66. The van der Waals surface area contributed by atoms with Crippen molar-refractivity contribution in [3.63, 3.8) is 0 Å². The minimum Gasteiger partial charge on any atom is -0.373 e. The van der Waals surface area contributed by atoms with Gasteiger partial charge in [0, 0.05) is 47.5 Å². The number of H-pyrrole nitrogens is 2. The molecule has 2 aromatic heterocycles. The summed E-state index contributed by atoms with van der Waals surface area (Å²) in [6.45, 7) is 7.92. The van der Waals surface area contributed by atoms with E-state index < -0.39 is 0 Å². The van der Waals surface area contributed by atoms with Crippen molar-refractivity contribution in [2.75, 3.05) is 24.6 Å². The largest absolute Gasteiger partial charge is 0.373 e. The number of rotatable bonds is 10. The first-order chi connectivity index (χ1) is 11.7. The van der Waals surface area contributed by atoms with E-state index in [0.717, 1.165) is 64.7 Å². The van der Waals surface area contributed by atoms with E-state index in [-0.39, 0.29) is 0 Å². The van der Waals surface area contributed by atoms with Crippen LogP contribution >= 0.6 is 23.5 Å². The van der Waals surface area contributed by atoms with E-state index in [1.54, 1.807) is 12.7 Å². The molecular weight excluding hydrogens is 340 g/mol. The van der Waals surface area contributed by atoms with Crippen molar-refractivity contribution in [2.45, 2.75) is 32.3 Å². The molecule has 24 heavy (non-hydrogen) atoms. The molecule has 2 aromatic rings. The van der Waals surface area contributed by atoms with E-state index in [9.17, 15) is 0 Å². The van der Waals surface area contributed by atoms with E-state index in [4.69, 9.17) is 0 Å². The molecule has 0 aliphatic carbocycles. The monoisotopic (exact) mass is 366 g/mol. The molecule has 0 saturated carbocycles.